The molecule has 0 aliphatic carbocycles. The Labute approximate surface area is 261 Å². The predicted molar refractivity (Wildman–Crippen MR) is 179 cm³/mol. The summed E-state index contributed by atoms with van der Waals surface area (Å²) in [6, 6.07) is 16.4. The lowest BCUT2D eigenvalue weighted by Gasteiger charge is -2.20. The van der Waals surface area contributed by atoms with E-state index in [-0.39, 0.29) is 18.5 Å². The van der Waals surface area contributed by atoms with E-state index in [9.17, 15) is 9.59 Å². The Balaban J connectivity index is 1.77. The van der Waals surface area contributed by atoms with Gasteiger partial charge in [0.15, 0.2) is 5.65 Å². The van der Waals surface area contributed by atoms with Crippen LogP contribution in [0.15, 0.2) is 54.7 Å². The van der Waals surface area contributed by atoms with Gasteiger partial charge in [-0.05, 0) is 56.0 Å². The third kappa shape index (κ3) is 7.90. The van der Waals surface area contributed by atoms with E-state index in [1.807, 2.05) is 61.5 Å². The number of amides is 2. The number of pyridine rings is 1. The maximum Gasteiger partial charge on any atom is 0.253 e. The van der Waals surface area contributed by atoms with Crippen LogP contribution in [-0.2, 0) is 16.3 Å². The van der Waals surface area contributed by atoms with Crippen molar-refractivity contribution >= 4 is 36.6 Å². The van der Waals surface area contributed by atoms with Crippen molar-refractivity contribution in [3.05, 3.63) is 60.3 Å². The molecular weight excluding hydrogens is 572 g/mol. The van der Waals surface area contributed by atoms with Crippen LogP contribution in [0.1, 0.15) is 17.3 Å². The highest BCUT2D eigenvalue weighted by atomic mass is 28.3. The van der Waals surface area contributed by atoms with E-state index in [0.717, 1.165) is 33.8 Å². The predicted octanol–water partition coefficient (Wildman–Crippen LogP) is 5.36. The summed E-state index contributed by atoms with van der Waals surface area (Å²) in [7, 11) is 5.98. The molecule has 0 aliphatic heterocycles. The lowest BCUT2D eigenvalue weighted by Crippen LogP contribution is -2.33. The van der Waals surface area contributed by atoms with Gasteiger partial charge in [-0.3, -0.25) is 9.59 Å². The van der Waals surface area contributed by atoms with Crippen molar-refractivity contribution in [2.45, 2.75) is 39.3 Å². The standard InChI is InChI=1S/C33H44N6O4Si/c1-23(40)38(4)29-20-24(13-14-26(29)33(41)34-15-16-37(2)3)25-19-28-31(27-11-9-10-12-30(27)42-5)36-39(32(28)35-21-25)22-43-17-18-44(6,7)8/h9-14,19-21H,15-18,22H2,1-8H3,(H,34,41). The van der Waals surface area contributed by atoms with Crippen LogP contribution in [0.4, 0.5) is 5.69 Å². The van der Waals surface area contributed by atoms with Gasteiger partial charge in [-0.15, -0.1) is 0 Å². The molecule has 0 aliphatic rings. The molecule has 0 fully saturated rings. The lowest BCUT2D eigenvalue weighted by atomic mass is 10.0. The first-order valence-electron chi connectivity index (χ1n) is 14.8. The van der Waals surface area contributed by atoms with Gasteiger partial charge < -0.3 is 24.6 Å². The Morgan fingerprint density at radius 3 is 2.45 bits per heavy atom. The van der Waals surface area contributed by atoms with Crippen LogP contribution in [0.3, 0.4) is 0 Å². The minimum atomic E-state index is -1.23. The Hall–Kier alpha value is -4.06. The monoisotopic (exact) mass is 616 g/mol. The van der Waals surface area contributed by atoms with Gasteiger partial charge in [0.2, 0.25) is 5.91 Å². The fraction of sp³-hybridized carbons (Fsp3) is 0.394. The summed E-state index contributed by atoms with van der Waals surface area (Å²) >= 11 is 0. The first-order valence-corrected chi connectivity index (χ1v) is 18.5. The minimum absolute atomic E-state index is 0.174. The molecule has 0 radical (unpaired) electrons. The maximum atomic E-state index is 13.1. The second-order valence-electron chi connectivity index (χ2n) is 12.4. The molecule has 0 saturated carbocycles. The van der Waals surface area contributed by atoms with E-state index in [1.165, 1.54) is 11.8 Å². The fourth-order valence-corrected chi connectivity index (χ4v) is 5.47. The smallest absolute Gasteiger partial charge is 0.253 e. The summed E-state index contributed by atoms with van der Waals surface area (Å²) in [5, 5.41) is 8.73. The molecule has 1 N–H and O–H groups in total. The number of rotatable bonds is 13. The Morgan fingerprint density at radius 1 is 1.02 bits per heavy atom. The van der Waals surface area contributed by atoms with Crippen LogP contribution in [0.25, 0.3) is 33.4 Å². The van der Waals surface area contributed by atoms with Crippen molar-refractivity contribution in [3.63, 3.8) is 0 Å². The molecule has 0 atom stereocenters. The summed E-state index contributed by atoms with van der Waals surface area (Å²) < 4.78 is 13.5. The van der Waals surface area contributed by atoms with Crippen LogP contribution in [0.5, 0.6) is 5.75 Å². The van der Waals surface area contributed by atoms with Crippen LogP contribution in [0, 0.1) is 0 Å². The average molecular weight is 617 g/mol. The van der Waals surface area contributed by atoms with Crippen molar-refractivity contribution in [3.8, 4) is 28.1 Å². The molecule has 0 saturated heterocycles. The zero-order valence-corrected chi connectivity index (χ0v) is 28.1. The number of carbonyl (C=O) groups is 2. The van der Waals surface area contributed by atoms with E-state index in [1.54, 1.807) is 31.1 Å². The number of carbonyl (C=O) groups excluding carboxylic acids is 2. The van der Waals surface area contributed by atoms with Gasteiger partial charge >= 0.3 is 0 Å². The third-order valence-electron chi connectivity index (χ3n) is 7.41. The Bertz CT molecular complexity index is 1630. The summed E-state index contributed by atoms with van der Waals surface area (Å²) in [6.45, 7) is 10.6. The minimum Gasteiger partial charge on any atom is -0.496 e. The zero-order valence-electron chi connectivity index (χ0n) is 27.1. The van der Waals surface area contributed by atoms with Crippen LogP contribution < -0.4 is 15.0 Å². The molecule has 11 heteroatoms. The Kier molecular flexibility index (Phi) is 10.6. The molecule has 44 heavy (non-hydrogen) atoms. The summed E-state index contributed by atoms with van der Waals surface area (Å²) in [4.78, 5) is 33.9. The molecule has 0 spiro atoms. The fourth-order valence-electron chi connectivity index (χ4n) is 4.71. The summed E-state index contributed by atoms with van der Waals surface area (Å²) in [6.07, 6.45) is 1.79. The van der Waals surface area contributed by atoms with E-state index >= 15 is 0 Å². The van der Waals surface area contributed by atoms with Crippen LogP contribution in [-0.4, -0.2) is 87.5 Å². The first-order chi connectivity index (χ1) is 20.9. The molecular formula is C33H44N6O4Si. The molecule has 2 heterocycles. The highest BCUT2D eigenvalue weighted by molar-refractivity contribution is 6.76. The number of benzene rings is 2. The van der Waals surface area contributed by atoms with Crippen LogP contribution >= 0.6 is 0 Å². The van der Waals surface area contributed by atoms with Gasteiger partial charge in [0.05, 0.1) is 18.4 Å². The quantitative estimate of drug-likeness (QED) is 0.159. The maximum absolute atomic E-state index is 13.1. The van der Waals surface area contributed by atoms with Gasteiger partial charge in [0.1, 0.15) is 18.2 Å². The molecule has 4 aromatic rings. The molecule has 234 valence electrons. The van der Waals surface area contributed by atoms with E-state index in [0.29, 0.717) is 42.3 Å². The number of hydrogen-bond acceptors (Lipinski definition) is 7. The SMILES string of the molecule is COc1ccccc1-c1nn(COCC[Si](C)(C)C)c2ncc(-c3ccc(C(=O)NCCN(C)C)c(N(C)C(C)=O)c3)cc12. The highest BCUT2D eigenvalue weighted by Crippen LogP contribution is 2.36. The number of anilines is 1. The summed E-state index contributed by atoms with van der Waals surface area (Å²) in [5.74, 6) is 0.301. The summed E-state index contributed by atoms with van der Waals surface area (Å²) in [5.41, 5.74) is 4.87. The van der Waals surface area contributed by atoms with Gasteiger partial charge in [-0.25, -0.2) is 9.67 Å². The van der Waals surface area contributed by atoms with Crippen molar-refractivity contribution < 1.29 is 19.1 Å². The van der Waals surface area contributed by atoms with Gasteiger partial charge in [0, 0.05) is 64.5 Å². The van der Waals surface area contributed by atoms with Gasteiger partial charge in [-0.1, -0.05) is 37.8 Å². The van der Waals surface area contributed by atoms with Crippen molar-refractivity contribution in [1.29, 1.82) is 0 Å². The largest absolute Gasteiger partial charge is 0.496 e. The number of nitrogens with zero attached hydrogens (tertiary/aromatic N) is 5. The second kappa shape index (κ2) is 14.1. The van der Waals surface area contributed by atoms with E-state index in [4.69, 9.17) is 19.6 Å². The molecule has 2 aromatic carbocycles. The number of likely N-dealkylation sites (N-methyl/N-ethyl adjacent to an activating group) is 1. The molecule has 4 rings (SSSR count). The average Bonchev–Trinajstić information content (AvgIpc) is 3.35. The van der Waals surface area contributed by atoms with Crippen molar-refractivity contribution in [2.75, 3.05) is 52.8 Å². The third-order valence-corrected chi connectivity index (χ3v) is 9.12. The van der Waals surface area contributed by atoms with Crippen LogP contribution in [0.2, 0.25) is 25.7 Å². The number of nitrogens with one attached hydrogen (secondary N) is 1. The molecule has 2 aromatic heterocycles. The van der Waals surface area contributed by atoms with E-state index < -0.39 is 8.07 Å². The number of methoxy groups -OCH3 is 1. The molecule has 2 amide bonds. The number of fused-ring (bicyclic) bond motifs is 1. The molecule has 10 nitrogen and oxygen atoms in total. The Morgan fingerprint density at radius 2 is 1.77 bits per heavy atom. The highest BCUT2D eigenvalue weighted by Gasteiger charge is 2.21. The number of aromatic nitrogens is 3. The molecule has 0 unspecified atom stereocenters. The second-order valence-corrected chi connectivity index (χ2v) is 18.0. The van der Waals surface area contributed by atoms with Crippen molar-refractivity contribution in [2.24, 2.45) is 0 Å². The van der Waals surface area contributed by atoms with Gasteiger partial charge in [-0.2, -0.15) is 5.10 Å². The van der Waals surface area contributed by atoms with Crippen molar-refractivity contribution in [1.82, 2.24) is 25.0 Å². The normalized spacial score (nSPS) is 11.7. The molecule has 0 bridgehead atoms. The van der Waals surface area contributed by atoms with E-state index in [2.05, 4.69) is 25.0 Å². The number of ether oxygens (including phenoxy) is 2. The lowest BCUT2D eigenvalue weighted by molar-refractivity contribution is -0.116. The number of para-hydroxylation sites is 1. The first kappa shape index (κ1) is 32.8. The van der Waals surface area contributed by atoms with Gasteiger partial charge in [0.25, 0.3) is 5.91 Å². The zero-order chi connectivity index (χ0) is 32.0. The number of hydrogen-bond donors (Lipinski definition) is 1. The topological polar surface area (TPSA) is 102 Å².